The van der Waals surface area contributed by atoms with E-state index in [2.05, 4.69) is 36.3 Å². The van der Waals surface area contributed by atoms with Gasteiger partial charge in [-0.25, -0.2) is 4.98 Å². The molecule has 20 heavy (non-hydrogen) atoms. The van der Waals surface area contributed by atoms with Crippen LogP contribution in [0.2, 0.25) is 0 Å². The van der Waals surface area contributed by atoms with Crippen molar-refractivity contribution in [2.45, 2.75) is 33.4 Å². The van der Waals surface area contributed by atoms with Crippen molar-refractivity contribution in [2.24, 2.45) is 0 Å². The molecule has 4 nitrogen and oxygen atoms in total. The van der Waals surface area contributed by atoms with Gasteiger partial charge in [0.05, 0.1) is 18.6 Å². The molecule has 0 saturated heterocycles. The molecule has 0 bridgehead atoms. The standard InChI is InChI=1S/C16H19N3O/c1-11-4-3-5-12(2)14(11)9-19-10-18-15-8-17-7-6-13(15)16(19)20/h3-5,10,17H,6-9H2,1-2H3. The van der Waals surface area contributed by atoms with E-state index in [0.29, 0.717) is 13.1 Å². The minimum absolute atomic E-state index is 0.110. The molecule has 0 saturated carbocycles. The average molecular weight is 269 g/mol. The lowest BCUT2D eigenvalue weighted by molar-refractivity contribution is 0.595. The van der Waals surface area contributed by atoms with Gasteiger partial charge in [0.1, 0.15) is 0 Å². The number of rotatable bonds is 2. The first-order chi connectivity index (χ1) is 9.66. The molecule has 1 N–H and O–H groups in total. The SMILES string of the molecule is Cc1cccc(C)c1Cn1cnc2c(c1=O)CCNC2. The Morgan fingerprint density at radius 2 is 2.05 bits per heavy atom. The second kappa shape index (κ2) is 5.21. The van der Waals surface area contributed by atoms with Gasteiger partial charge in [-0.1, -0.05) is 18.2 Å². The summed E-state index contributed by atoms with van der Waals surface area (Å²) in [5, 5.41) is 3.24. The van der Waals surface area contributed by atoms with Crippen LogP contribution in [0.5, 0.6) is 0 Å². The van der Waals surface area contributed by atoms with Gasteiger partial charge in [0, 0.05) is 12.1 Å². The minimum Gasteiger partial charge on any atom is -0.311 e. The molecule has 0 amide bonds. The van der Waals surface area contributed by atoms with Gasteiger partial charge < -0.3 is 5.32 Å². The normalized spacial score (nSPS) is 14.1. The van der Waals surface area contributed by atoms with Crippen LogP contribution in [0.3, 0.4) is 0 Å². The van der Waals surface area contributed by atoms with Crippen LogP contribution in [0.25, 0.3) is 0 Å². The Kier molecular flexibility index (Phi) is 3.40. The Morgan fingerprint density at radius 3 is 2.80 bits per heavy atom. The molecule has 1 aromatic heterocycles. The van der Waals surface area contributed by atoms with E-state index >= 15 is 0 Å². The van der Waals surface area contributed by atoms with E-state index in [1.807, 2.05) is 6.07 Å². The zero-order valence-corrected chi connectivity index (χ0v) is 11.9. The Morgan fingerprint density at radius 1 is 1.30 bits per heavy atom. The number of nitrogens with one attached hydrogen (secondary N) is 1. The maximum atomic E-state index is 12.5. The van der Waals surface area contributed by atoms with Crippen LogP contribution in [0.4, 0.5) is 0 Å². The highest BCUT2D eigenvalue weighted by Crippen LogP contribution is 2.14. The van der Waals surface area contributed by atoms with E-state index in [4.69, 9.17) is 0 Å². The second-order valence-electron chi connectivity index (χ2n) is 5.40. The van der Waals surface area contributed by atoms with Crippen LogP contribution < -0.4 is 10.9 Å². The Hall–Kier alpha value is -1.94. The average Bonchev–Trinajstić information content (AvgIpc) is 2.45. The molecule has 2 aromatic rings. The largest absolute Gasteiger partial charge is 0.311 e. The first-order valence-electron chi connectivity index (χ1n) is 7.00. The fourth-order valence-electron chi connectivity index (χ4n) is 2.77. The third kappa shape index (κ3) is 2.27. The van der Waals surface area contributed by atoms with Crippen molar-refractivity contribution in [1.29, 1.82) is 0 Å². The summed E-state index contributed by atoms with van der Waals surface area (Å²) in [5.74, 6) is 0. The van der Waals surface area contributed by atoms with Gasteiger partial charge >= 0.3 is 0 Å². The molecule has 0 atom stereocenters. The summed E-state index contributed by atoms with van der Waals surface area (Å²) in [6.45, 7) is 6.34. The predicted molar refractivity (Wildman–Crippen MR) is 78.9 cm³/mol. The number of aromatic nitrogens is 2. The topological polar surface area (TPSA) is 46.9 Å². The molecule has 0 unspecified atom stereocenters. The van der Waals surface area contributed by atoms with Crippen molar-refractivity contribution in [3.05, 3.63) is 62.8 Å². The fourth-order valence-corrected chi connectivity index (χ4v) is 2.77. The third-order valence-corrected chi connectivity index (χ3v) is 4.04. The molecule has 1 aromatic carbocycles. The number of fused-ring (bicyclic) bond motifs is 1. The van der Waals surface area contributed by atoms with Gasteiger partial charge in [-0.2, -0.15) is 0 Å². The van der Waals surface area contributed by atoms with Crippen LogP contribution in [0.15, 0.2) is 29.3 Å². The second-order valence-corrected chi connectivity index (χ2v) is 5.40. The van der Waals surface area contributed by atoms with E-state index < -0.39 is 0 Å². The van der Waals surface area contributed by atoms with Crippen LogP contribution >= 0.6 is 0 Å². The monoisotopic (exact) mass is 269 g/mol. The van der Waals surface area contributed by atoms with Crippen molar-refractivity contribution in [3.8, 4) is 0 Å². The molecule has 3 rings (SSSR count). The predicted octanol–water partition coefficient (Wildman–Crippen LogP) is 1.55. The van der Waals surface area contributed by atoms with E-state index in [-0.39, 0.29) is 5.56 Å². The smallest absolute Gasteiger partial charge is 0.257 e. The number of benzene rings is 1. The number of hydrogen-bond acceptors (Lipinski definition) is 3. The number of hydrogen-bond donors (Lipinski definition) is 1. The summed E-state index contributed by atoms with van der Waals surface area (Å²) < 4.78 is 1.74. The number of aryl methyl sites for hydroxylation is 2. The zero-order chi connectivity index (χ0) is 14.1. The molecule has 0 fully saturated rings. The Bertz CT molecular complexity index is 683. The zero-order valence-electron chi connectivity index (χ0n) is 11.9. The lowest BCUT2D eigenvalue weighted by Gasteiger charge is -2.18. The summed E-state index contributed by atoms with van der Waals surface area (Å²) in [6, 6.07) is 6.22. The summed E-state index contributed by atoms with van der Waals surface area (Å²) in [7, 11) is 0. The molecular weight excluding hydrogens is 250 g/mol. The van der Waals surface area contributed by atoms with Gasteiger partial charge in [0.25, 0.3) is 5.56 Å². The fraction of sp³-hybridized carbons (Fsp3) is 0.375. The summed E-state index contributed by atoms with van der Waals surface area (Å²) in [5.41, 5.74) is 5.54. The van der Waals surface area contributed by atoms with Crippen LogP contribution in [-0.4, -0.2) is 16.1 Å². The molecule has 1 aliphatic heterocycles. The summed E-state index contributed by atoms with van der Waals surface area (Å²) >= 11 is 0. The van der Waals surface area contributed by atoms with Gasteiger partial charge in [-0.15, -0.1) is 0 Å². The lowest BCUT2D eigenvalue weighted by atomic mass is 10.0. The molecular formula is C16H19N3O. The maximum absolute atomic E-state index is 12.5. The molecule has 0 spiro atoms. The molecule has 1 aliphatic rings. The van der Waals surface area contributed by atoms with Gasteiger partial charge in [0.2, 0.25) is 0 Å². The van der Waals surface area contributed by atoms with Crippen molar-refractivity contribution < 1.29 is 0 Å². The minimum atomic E-state index is 0.110. The molecule has 0 aliphatic carbocycles. The molecule has 4 heteroatoms. The molecule has 0 radical (unpaired) electrons. The lowest BCUT2D eigenvalue weighted by Crippen LogP contribution is -2.34. The van der Waals surface area contributed by atoms with E-state index in [1.165, 1.54) is 16.7 Å². The van der Waals surface area contributed by atoms with Crippen molar-refractivity contribution in [3.63, 3.8) is 0 Å². The van der Waals surface area contributed by atoms with Crippen molar-refractivity contribution >= 4 is 0 Å². The number of nitrogens with zero attached hydrogens (tertiary/aromatic N) is 2. The van der Waals surface area contributed by atoms with Crippen molar-refractivity contribution in [2.75, 3.05) is 6.54 Å². The van der Waals surface area contributed by atoms with Crippen LogP contribution in [0, 0.1) is 13.8 Å². The first-order valence-corrected chi connectivity index (χ1v) is 7.00. The van der Waals surface area contributed by atoms with Crippen molar-refractivity contribution in [1.82, 2.24) is 14.9 Å². The Balaban J connectivity index is 2.02. The summed E-state index contributed by atoms with van der Waals surface area (Å²) in [4.78, 5) is 17.0. The van der Waals surface area contributed by atoms with Crippen LogP contribution in [0.1, 0.15) is 27.9 Å². The quantitative estimate of drug-likeness (QED) is 0.900. The first kappa shape index (κ1) is 13.1. The highest BCUT2D eigenvalue weighted by molar-refractivity contribution is 5.34. The highest BCUT2D eigenvalue weighted by atomic mass is 16.1. The van der Waals surface area contributed by atoms with E-state index in [0.717, 1.165) is 24.2 Å². The Labute approximate surface area is 118 Å². The summed E-state index contributed by atoms with van der Waals surface area (Å²) in [6.07, 6.45) is 2.45. The maximum Gasteiger partial charge on any atom is 0.257 e. The van der Waals surface area contributed by atoms with Crippen LogP contribution in [-0.2, 0) is 19.5 Å². The van der Waals surface area contributed by atoms with E-state index in [9.17, 15) is 4.79 Å². The van der Waals surface area contributed by atoms with E-state index in [1.54, 1.807) is 10.9 Å². The molecule has 2 heterocycles. The highest BCUT2D eigenvalue weighted by Gasteiger charge is 2.15. The van der Waals surface area contributed by atoms with Gasteiger partial charge in [0.15, 0.2) is 0 Å². The van der Waals surface area contributed by atoms with Gasteiger partial charge in [-0.05, 0) is 43.5 Å². The molecule has 104 valence electrons. The van der Waals surface area contributed by atoms with Gasteiger partial charge in [-0.3, -0.25) is 9.36 Å². The third-order valence-electron chi connectivity index (χ3n) is 4.04.